The standard InChI is InChI=1S/C15H23NO/c1-10-3-5-14-12(9-10)4-6-13-11(2)15(17)7-8-16(13)14/h7-8,10-14H,3-6,9H2,1-2H3/t10?,11-,12?,13?,14?/m1/s1. The van der Waals surface area contributed by atoms with E-state index in [4.69, 9.17) is 0 Å². The summed E-state index contributed by atoms with van der Waals surface area (Å²) in [7, 11) is 0. The molecule has 2 aliphatic heterocycles. The van der Waals surface area contributed by atoms with Gasteiger partial charge in [0, 0.05) is 24.2 Å². The van der Waals surface area contributed by atoms with Gasteiger partial charge in [0.1, 0.15) is 0 Å². The third-order valence-electron chi connectivity index (χ3n) is 5.24. The molecule has 0 aromatic carbocycles. The smallest absolute Gasteiger partial charge is 0.161 e. The van der Waals surface area contributed by atoms with Crippen LogP contribution in [0.4, 0.5) is 0 Å². The minimum atomic E-state index is 0.209. The number of carbonyl (C=O) groups is 1. The minimum absolute atomic E-state index is 0.209. The van der Waals surface area contributed by atoms with Crippen LogP contribution in [0.1, 0.15) is 46.0 Å². The third kappa shape index (κ3) is 1.82. The van der Waals surface area contributed by atoms with Gasteiger partial charge < -0.3 is 4.90 Å². The summed E-state index contributed by atoms with van der Waals surface area (Å²) in [6.07, 6.45) is 10.5. The van der Waals surface area contributed by atoms with Crippen molar-refractivity contribution in [2.45, 2.75) is 58.0 Å². The van der Waals surface area contributed by atoms with Gasteiger partial charge in [-0.05, 0) is 50.0 Å². The van der Waals surface area contributed by atoms with Gasteiger partial charge in [0.15, 0.2) is 5.78 Å². The number of hydrogen-bond acceptors (Lipinski definition) is 2. The maximum atomic E-state index is 11.7. The van der Waals surface area contributed by atoms with Crippen molar-refractivity contribution in [3.05, 3.63) is 12.3 Å². The molecule has 2 nitrogen and oxygen atoms in total. The van der Waals surface area contributed by atoms with Gasteiger partial charge in [-0.2, -0.15) is 0 Å². The molecule has 0 aromatic rings. The summed E-state index contributed by atoms with van der Waals surface area (Å²) in [6, 6.07) is 1.21. The molecular weight excluding hydrogens is 210 g/mol. The Morgan fingerprint density at radius 3 is 2.71 bits per heavy atom. The summed E-state index contributed by atoms with van der Waals surface area (Å²) >= 11 is 0. The first-order valence-corrected chi connectivity index (χ1v) is 7.16. The number of piperidine rings is 1. The zero-order valence-electron chi connectivity index (χ0n) is 10.9. The fourth-order valence-electron chi connectivity index (χ4n) is 4.20. The molecule has 3 aliphatic rings. The van der Waals surface area contributed by atoms with E-state index in [1.807, 2.05) is 6.08 Å². The lowest BCUT2D eigenvalue weighted by Gasteiger charge is -2.52. The largest absolute Gasteiger partial charge is 0.370 e. The molecule has 1 saturated carbocycles. The molecule has 2 heteroatoms. The van der Waals surface area contributed by atoms with E-state index in [0.717, 1.165) is 17.9 Å². The molecular formula is C15H23NO. The molecule has 0 amide bonds. The monoisotopic (exact) mass is 233 g/mol. The molecule has 5 atom stereocenters. The number of fused-ring (bicyclic) bond motifs is 3. The van der Waals surface area contributed by atoms with Crippen molar-refractivity contribution in [3.8, 4) is 0 Å². The molecule has 0 spiro atoms. The lowest BCUT2D eigenvalue weighted by atomic mass is 9.70. The Morgan fingerprint density at radius 2 is 1.88 bits per heavy atom. The van der Waals surface area contributed by atoms with Gasteiger partial charge in [-0.1, -0.05) is 13.8 Å². The highest BCUT2D eigenvalue weighted by molar-refractivity contribution is 5.92. The molecule has 0 bridgehead atoms. The highest BCUT2D eigenvalue weighted by Crippen LogP contribution is 2.42. The second-order valence-corrected chi connectivity index (χ2v) is 6.34. The Hall–Kier alpha value is -0.790. The van der Waals surface area contributed by atoms with Crippen molar-refractivity contribution in [1.29, 1.82) is 0 Å². The summed E-state index contributed by atoms with van der Waals surface area (Å²) in [4.78, 5) is 14.3. The summed E-state index contributed by atoms with van der Waals surface area (Å²) in [5, 5.41) is 0. The normalized spacial score (nSPS) is 45.4. The fourth-order valence-corrected chi connectivity index (χ4v) is 4.20. The first kappa shape index (κ1) is 11.3. The molecule has 2 fully saturated rings. The van der Waals surface area contributed by atoms with Crippen molar-refractivity contribution in [2.75, 3.05) is 0 Å². The molecule has 0 radical (unpaired) electrons. The van der Waals surface area contributed by atoms with E-state index in [9.17, 15) is 4.79 Å². The van der Waals surface area contributed by atoms with Crippen molar-refractivity contribution in [3.63, 3.8) is 0 Å². The Morgan fingerprint density at radius 1 is 1.12 bits per heavy atom. The summed E-state index contributed by atoms with van der Waals surface area (Å²) in [5.41, 5.74) is 0. The van der Waals surface area contributed by atoms with Crippen LogP contribution >= 0.6 is 0 Å². The van der Waals surface area contributed by atoms with Crippen LogP contribution < -0.4 is 0 Å². The Labute approximate surface area is 104 Å². The zero-order valence-corrected chi connectivity index (χ0v) is 10.9. The average molecular weight is 233 g/mol. The summed E-state index contributed by atoms with van der Waals surface area (Å²) in [6.45, 7) is 4.50. The Balaban J connectivity index is 1.83. The van der Waals surface area contributed by atoms with Crippen LogP contribution in [0.15, 0.2) is 12.3 Å². The van der Waals surface area contributed by atoms with Crippen LogP contribution in [0.25, 0.3) is 0 Å². The van der Waals surface area contributed by atoms with Gasteiger partial charge in [0.25, 0.3) is 0 Å². The number of hydrogen-bond donors (Lipinski definition) is 0. The lowest BCUT2D eigenvalue weighted by Crippen LogP contribution is -2.55. The van der Waals surface area contributed by atoms with Gasteiger partial charge in [0.05, 0.1) is 0 Å². The van der Waals surface area contributed by atoms with E-state index >= 15 is 0 Å². The van der Waals surface area contributed by atoms with Crippen LogP contribution in [0.5, 0.6) is 0 Å². The van der Waals surface area contributed by atoms with Crippen molar-refractivity contribution >= 4 is 5.78 Å². The van der Waals surface area contributed by atoms with Gasteiger partial charge in [-0.25, -0.2) is 0 Å². The molecule has 1 aliphatic carbocycles. The highest BCUT2D eigenvalue weighted by Gasteiger charge is 2.42. The summed E-state index contributed by atoms with van der Waals surface area (Å²) < 4.78 is 0. The number of rotatable bonds is 0. The van der Waals surface area contributed by atoms with Crippen LogP contribution in [0.3, 0.4) is 0 Å². The van der Waals surface area contributed by atoms with E-state index in [-0.39, 0.29) is 5.92 Å². The zero-order chi connectivity index (χ0) is 12.0. The number of nitrogens with zero attached hydrogens (tertiary/aromatic N) is 1. The Kier molecular flexibility index (Phi) is 2.76. The van der Waals surface area contributed by atoms with E-state index in [1.165, 1.54) is 32.1 Å². The maximum absolute atomic E-state index is 11.7. The number of allylic oxidation sites excluding steroid dienone is 1. The van der Waals surface area contributed by atoms with E-state index in [0.29, 0.717) is 11.8 Å². The van der Waals surface area contributed by atoms with Crippen molar-refractivity contribution in [2.24, 2.45) is 17.8 Å². The molecule has 4 unspecified atom stereocenters. The van der Waals surface area contributed by atoms with Gasteiger partial charge in [0.2, 0.25) is 0 Å². The SMILES string of the molecule is CC1CCC2C(CCC3[C@@H](C)C(=O)C=CN23)C1. The molecule has 17 heavy (non-hydrogen) atoms. The second kappa shape index (κ2) is 4.15. The second-order valence-electron chi connectivity index (χ2n) is 6.34. The van der Waals surface area contributed by atoms with Crippen LogP contribution in [0, 0.1) is 17.8 Å². The number of carbonyl (C=O) groups excluding carboxylic acids is 1. The van der Waals surface area contributed by atoms with Crippen LogP contribution in [-0.2, 0) is 4.79 Å². The predicted molar refractivity (Wildman–Crippen MR) is 68.5 cm³/mol. The fraction of sp³-hybridized carbons (Fsp3) is 0.800. The molecule has 0 N–H and O–H groups in total. The molecule has 0 aromatic heterocycles. The van der Waals surface area contributed by atoms with Crippen LogP contribution in [0.2, 0.25) is 0 Å². The minimum Gasteiger partial charge on any atom is -0.370 e. The number of ketones is 1. The average Bonchev–Trinajstić information content (AvgIpc) is 2.33. The van der Waals surface area contributed by atoms with E-state index in [2.05, 4.69) is 24.9 Å². The quantitative estimate of drug-likeness (QED) is 0.641. The van der Waals surface area contributed by atoms with Crippen molar-refractivity contribution < 1.29 is 4.79 Å². The third-order valence-corrected chi connectivity index (χ3v) is 5.24. The van der Waals surface area contributed by atoms with Crippen molar-refractivity contribution in [1.82, 2.24) is 4.90 Å². The highest BCUT2D eigenvalue weighted by atomic mass is 16.1. The lowest BCUT2D eigenvalue weighted by molar-refractivity contribution is -0.122. The molecule has 2 heterocycles. The van der Waals surface area contributed by atoms with E-state index in [1.54, 1.807) is 0 Å². The first-order chi connectivity index (χ1) is 8.16. The predicted octanol–water partition coefficient (Wildman–Crippen LogP) is 2.99. The van der Waals surface area contributed by atoms with Gasteiger partial charge >= 0.3 is 0 Å². The van der Waals surface area contributed by atoms with Crippen LogP contribution in [-0.4, -0.2) is 22.8 Å². The van der Waals surface area contributed by atoms with E-state index < -0.39 is 0 Å². The summed E-state index contributed by atoms with van der Waals surface area (Å²) in [5.74, 6) is 2.31. The Bertz CT molecular complexity index is 349. The topological polar surface area (TPSA) is 20.3 Å². The van der Waals surface area contributed by atoms with Gasteiger partial charge in [-0.15, -0.1) is 0 Å². The molecule has 94 valence electrons. The molecule has 3 rings (SSSR count). The molecule has 1 saturated heterocycles. The van der Waals surface area contributed by atoms with Gasteiger partial charge in [-0.3, -0.25) is 4.79 Å². The first-order valence-electron chi connectivity index (χ1n) is 7.16. The maximum Gasteiger partial charge on any atom is 0.161 e.